The second-order valence-corrected chi connectivity index (χ2v) is 6.15. The predicted molar refractivity (Wildman–Crippen MR) is 87.5 cm³/mol. The fourth-order valence-electron chi connectivity index (χ4n) is 2.03. The lowest BCUT2D eigenvalue weighted by molar-refractivity contribution is -0.131. The van der Waals surface area contributed by atoms with Gasteiger partial charge in [0.15, 0.2) is 0 Å². The minimum atomic E-state index is -0.912. The van der Waals surface area contributed by atoms with Crippen LogP contribution in [0.15, 0.2) is 48.5 Å². The number of aliphatic carboxylic acids is 1. The van der Waals surface area contributed by atoms with Gasteiger partial charge in [0, 0.05) is 28.9 Å². The number of carbonyl (C=O) groups is 1. The molecule has 0 saturated heterocycles. The van der Waals surface area contributed by atoms with Gasteiger partial charge in [0.1, 0.15) is 0 Å². The summed E-state index contributed by atoms with van der Waals surface area (Å²) in [6.45, 7) is 1.89. The second kappa shape index (κ2) is 7.76. The Labute approximate surface area is 129 Å². The molecule has 0 fully saturated rings. The molecule has 1 N–H and O–H groups in total. The molecule has 0 aliphatic heterocycles. The van der Waals surface area contributed by atoms with E-state index >= 15 is 0 Å². The molecule has 1 aromatic carbocycles. The van der Waals surface area contributed by atoms with E-state index in [0.29, 0.717) is 0 Å². The highest BCUT2D eigenvalue weighted by molar-refractivity contribution is 7.12. The van der Waals surface area contributed by atoms with Crippen LogP contribution in [0.1, 0.15) is 15.3 Å². The summed E-state index contributed by atoms with van der Waals surface area (Å²) in [5, 5.41) is 8.61. The largest absolute Gasteiger partial charge is 0.478 e. The van der Waals surface area contributed by atoms with Gasteiger partial charge in [-0.1, -0.05) is 30.3 Å². The molecule has 110 valence electrons. The van der Waals surface area contributed by atoms with Gasteiger partial charge in [-0.15, -0.1) is 11.3 Å². The van der Waals surface area contributed by atoms with Gasteiger partial charge in [-0.05, 0) is 37.2 Å². The average Bonchev–Trinajstić information content (AvgIpc) is 2.91. The molecule has 0 atom stereocenters. The summed E-state index contributed by atoms with van der Waals surface area (Å²) in [4.78, 5) is 15.0. The van der Waals surface area contributed by atoms with E-state index in [1.54, 1.807) is 17.4 Å². The van der Waals surface area contributed by atoms with Crippen molar-refractivity contribution in [1.82, 2.24) is 4.90 Å². The number of carboxylic acids is 1. The van der Waals surface area contributed by atoms with Crippen molar-refractivity contribution in [2.75, 3.05) is 13.6 Å². The first-order chi connectivity index (χ1) is 10.1. The zero-order valence-electron chi connectivity index (χ0n) is 12.0. The van der Waals surface area contributed by atoms with Crippen LogP contribution in [-0.4, -0.2) is 29.6 Å². The monoisotopic (exact) mass is 301 g/mol. The average molecular weight is 301 g/mol. The van der Waals surface area contributed by atoms with E-state index < -0.39 is 5.97 Å². The summed E-state index contributed by atoms with van der Waals surface area (Å²) in [7, 11) is 2.11. The number of hydrogen-bond acceptors (Lipinski definition) is 3. The molecule has 2 rings (SSSR count). The Kier molecular flexibility index (Phi) is 5.72. The maximum absolute atomic E-state index is 10.5. The standard InChI is InChI=1S/C17H19NO2S/c1-18(12-11-14-5-3-2-4-6-14)13-16-8-7-15(21-16)9-10-17(19)20/h2-10H,11-13H2,1H3,(H,19,20). The lowest BCUT2D eigenvalue weighted by atomic mass is 10.1. The van der Waals surface area contributed by atoms with Crippen molar-refractivity contribution in [2.24, 2.45) is 0 Å². The molecule has 0 saturated carbocycles. The smallest absolute Gasteiger partial charge is 0.328 e. The van der Waals surface area contributed by atoms with Gasteiger partial charge in [-0.25, -0.2) is 4.79 Å². The summed E-state index contributed by atoms with van der Waals surface area (Å²) in [6, 6.07) is 14.5. The number of benzene rings is 1. The quantitative estimate of drug-likeness (QED) is 0.795. The molecule has 0 aliphatic carbocycles. The fraction of sp³-hybridized carbons (Fsp3) is 0.235. The molecule has 0 amide bonds. The maximum atomic E-state index is 10.5. The SMILES string of the molecule is CN(CCc1ccccc1)Cc1ccc(C=CC(=O)O)s1. The van der Waals surface area contributed by atoms with Crippen LogP contribution in [0, 0.1) is 0 Å². The highest BCUT2D eigenvalue weighted by Crippen LogP contribution is 2.19. The van der Waals surface area contributed by atoms with E-state index in [9.17, 15) is 4.79 Å². The Morgan fingerprint density at radius 1 is 1.24 bits per heavy atom. The zero-order valence-corrected chi connectivity index (χ0v) is 12.8. The molecule has 0 unspecified atom stereocenters. The van der Waals surface area contributed by atoms with Crippen LogP contribution in [-0.2, 0) is 17.8 Å². The Hall–Kier alpha value is -1.91. The van der Waals surface area contributed by atoms with E-state index in [1.165, 1.54) is 16.5 Å². The molecule has 3 nitrogen and oxygen atoms in total. The number of carboxylic acid groups (broad SMARTS) is 1. The van der Waals surface area contributed by atoms with Crippen molar-refractivity contribution in [3.05, 3.63) is 63.9 Å². The molecule has 2 aromatic rings. The van der Waals surface area contributed by atoms with Crippen molar-refractivity contribution in [2.45, 2.75) is 13.0 Å². The molecule has 1 heterocycles. The summed E-state index contributed by atoms with van der Waals surface area (Å²) in [5.74, 6) is -0.912. The van der Waals surface area contributed by atoms with E-state index in [0.717, 1.165) is 24.4 Å². The van der Waals surface area contributed by atoms with Crippen molar-refractivity contribution < 1.29 is 9.90 Å². The lowest BCUT2D eigenvalue weighted by Crippen LogP contribution is -2.20. The van der Waals surface area contributed by atoms with Crippen molar-refractivity contribution >= 4 is 23.4 Å². The van der Waals surface area contributed by atoms with Crippen LogP contribution in [0.4, 0.5) is 0 Å². The van der Waals surface area contributed by atoms with Crippen LogP contribution in [0.25, 0.3) is 6.08 Å². The maximum Gasteiger partial charge on any atom is 0.328 e. The van der Waals surface area contributed by atoms with Crippen LogP contribution >= 0.6 is 11.3 Å². The van der Waals surface area contributed by atoms with Crippen LogP contribution in [0.3, 0.4) is 0 Å². The van der Waals surface area contributed by atoms with Crippen LogP contribution in [0.5, 0.6) is 0 Å². The third kappa shape index (κ3) is 5.53. The molecule has 0 radical (unpaired) electrons. The van der Waals surface area contributed by atoms with Gasteiger partial charge in [-0.3, -0.25) is 0 Å². The topological polar surface area (TPSA) is 40.5 Å². The Bertz CT molecular complexity index is 604. The molecular weight excluding hydrogens is 282 g/mol. The van der Waals surface area contributed by atoms with Crippen LogP contribution in [0.2, 0.25) is 0 Å². The van der Waals surface area contributed by atoms with E-state index in [2.05, 4.69) is 42.3 Å². The van der Waals surface area contributed by atoms with Gasteiger partial charge in [0.05, 0.1) is 0 Å². The van der Waals surface area contributed by atoms with Crippen molar-refractivity contribution in [1.29, 1.82) is 0 Å². The van der Waals surface area contributed by atoms with Gasteiger partial charge >= 0.3 is 5.97 Å². The predicted octanol–water partition coefficient (Wildman–Crippen LogP) is 3.52. The molecule has 0 bridgehead atoms. The molecule has 0 aliphatic rings. The third-order valence-corrected chi connectivity index (χ3v) is 4.16. The number of hydrogen-bond donors (Lipinski definition) is 1. The Morgan fingerprint density at radius 3 is 2.71 bits per heavy atom. The highest BCUT2D eigenvalue weighted by atomic mass is 32.1. The zero-order chi connectivity index (χ0) is 15.1. The lowest BCUT2D eigenvalue weighted by Gasteiger charge is -2.15. The molecule has 21 heavy (non-hydrogen) atoms. The van der Waals surface area contributed by atoms with Gasteiger partial charge < -0.3 is 10.0 Å². The van der Waals surface area contributed by atoms with Gasteiger partial charge in [-0.2, -0.15) is 0 Å². The fourth-order valence-corrected chi connectivity index (χ4v) is 3.03. The van der Waals surface area contributed by atoms with E-state index in [4.69, 9.17) is 5.11 Å². The number of likely N-dealkylation sites (N-methyl/N-ethyl adjacent to an activating group) is 1. The Morgan fingerprint density at radius 2 is 2.00 bits per heavy atom. The minimum absolute atomic E-state index is 0.887. The first-order valence-corrected chi connectivity index (χ1v) is 7.67. The van der Waals surface area contributed by atoms with Crippen molar-refractivity contribution in [3.63, 3.8) is 0 Å². The first-order valence-electron chi connectivity index (χ1n) is 6.85. The molecule has 4 heteroatoms. The molecule has 0 spiro atoms. The number of rotatable bonds is 7. The Balaban J connectivity index is 1.82. The summed E-state index contributed by atoms with van der Waals surface area (Å²) in [6.07, 6.45) is 3.85. The number of nitrogens with zero attached hydrogens (tertiary/aromatic N) is 1. The molecule has 1 aromatic heterocycles. The van der Waals surface area contributed by atoms with Crippen LogP contribution < -0.4 is 0 Å². The van der Waals surface area contributed by atoms with Gasteiger partial charge in [0.2, 0.25) is 0 Å². The van der Waals surface area contributed by atoms with Gasteiger partial charge in [0.25, 0.3) is 0 Å². The first kappa shape index (κ1) is 15.5. The van der Waals surface area contributed by atoms with E-state index in [-0.39, 0.29) is 0 Å². The molecular formula is C17H19NO2S. The summed E-state index contributed by atoms with van der Waals surface area (Å²) in [5.41, 5.74) is 1.35. The minimum Gasteiger partial charge on any atom is -0.478 e. The number of thiophene rings is 1. The second-order valence-electron chi connectivity index (χ2n) is 4.95. The summed E-state index contributed by atoms with van der Waals surface area (Å²) >= 11 is 1.63. The summed E-state index contributed by atoms with van der Waals surface area (Å²) < 4.78 is 0. The normalized spacial score (nSPS) is 11.3. The van der Waals surface area contributed by atoms with E-state index in [1.807, 2.05) is 12.1 Å². The van der Waals surface area contributed by atoms with Crippen molar-refractivity contribution in [3.8, 4) is 0 Å². The highest BCUT2D eigenvalue weighted by Gasteiger charge is 2.03. The third-order valence-electron chi connectivity index (χ3n) is 3.12.